The van der Waals surface area contributed by atoms with E-state index in [1.807, 2.05) is 6.20 Å². The molecule has 1 aromatic carbocycles. The summed E-state index contributed by atoms with van der Waals surface area (Å²) >= 11 is 0. The Bertz CT molecular complexity index is 1320. The summed E-state index contributed by atoms with van der Waals surface area (Å²) in [6.07, 6.45) is 8.95. The predicted octanol–water partition coefficient (Wildman–Crippen LogP) is 5.99. The predicted molar refractivity (Wildman–Crippen MR) is 144 cm³/mol. The summed E-state index contributed by atoms with van der Waals surface area (Å²) in [6, 6.07) is 13.5. The molecule has 3 aromatic rings. The topological polar surface area (TPSA) is 52.0 Å². The molecular weight excluding hydrogens is 444 g/mol. The molecule has 4 saturated heterocycles. The number of benzene rings is 1. The second-order valence-corrected chi connectivity index (χ2v) is 12.1. The highest BCUT2D eigenvalue weighted by atomic mass is 16.2. The van der Waals surface area contributed by atoms with Crippen LogP contribution >= 0.6 is 0 Å². The van der Waals surface area contributed by atoms with E-state index in [0.717, 1.165) is 56.6 Å². The van der Waals surface area contributed by atoms with E-state index in [0.29, 0.717) is 23.8 Å². The molecule has 1 N–H and O–H groups in total. The first-order valence-corrected chi connectivity index (χ1v) is 14.1. The van der Waals surface area contributed by atoms with Gasteiger partial charge in [-0.15, -0.1) is 0 Å². The number of H-pyrrole nitrogens is 1. The number of aryl methyl sites for hydroxylation is 1. The lowest BCUT2D eigenvalue weighted by Crippen LogP contribution is -2.44. The van der Waals surface area contributed by atoms with Gasteiger partial charge in [-0.1, -0.05) is 19.9 Å². The molecule has 0 bridgehead atoms. The van der Waals surface area contributed by atoms with Crippen LogP contribution in [-0.2, 0) is 4.79 Å². The SMILES string of the molecule is Cc1cc(-c2[nH]c3ccc(C4CCN(C(=O)[C@H]5C[C@H]6CCC7[C@@H](C5)N76)CC4)cc3c2C(C)C)ccn1. The fourth-order valence-corrected chi connectivity index (χ4v) is 7.89. The number of carbonyl (C=O) groups excluding carboxylic acids is 1. The van der Waals surface area contributed by atoms with Crippen molar-refractivity contribution in [1.82, 2.24) is 19.8 Å². The lowest BCUT2D eigenvalue weighted by atomic mass is 9.84. The van der Waals surface area contributed by atoms with E-state index >= 15 is 0 Å². The van der Waals surface area contributed by atoms with Crippen molar-refractivity contribution in [3.63, 3.8) is 0 Å². The monoisotopic (exact) mass is 482 g/mol. The summed E-state index contributed by atoms with van der Waals surface area (Å²) in [4.78, 5) is 26.4. The second-order valence-electron chi connectivity index (χ2n) is 12.1. The van der Waals surface area contributed by atoms with Crippen LogP contribution in [0.3, 0.4) is 0 Å². The van der Waals surface area contributed by atoms with Crippen molar-refractivity contribution in [2.45, 2.75) is 89.3 Å². The average molecular weight is 483 g/mol. The van der Waals surface area contributed by atoms with Crippen molar-refractivity contribution in [3.8, 4) is 11.3 Å². The van der Waals surface area contributed by atoms with Crippen molar-refractivity contribution in [2.24, 2.45) is 5.92 Å². The molecule has 5 heteroatoms. The first-order valence-electron chi connectivity index (χ1n) is 14.1. The van der Waals surface area contributed by atoms with E-state index in [1.165, 1.54) is 46.1 Å². The zero-order valence-corrected chi connectivity index (χ0v) is 21.8. The molecule has 0 spiro atoms. The fourth-order valence-electron chi connectivity index (χ4n) is 7.89. The van der Waals surface area contributed by atoms with Gasteiger partial charge in [-0.3, -0.25) is 14.7 Å². The van der Waals surface area contributed by atoms with E-state index in [4.69, 9.17) is 0 Å². The summed E-state index contributed by atoms with van der Waals surface area (Å²) < 4.78 is 0. The molecule has 2 aromatic heterocycles. The molecule has 0 aliphatic carbocycles. The molecule has 36 heavy (non-hydrogen) atoms. The average Bonchev–Trinajstić information content (AvgIpc) is 3.21. The molecular formula is C31H38N4O. The van der Waals surface area contributed by atoms with Gasteiger partial charge in [0.2, 0.25) is 5.91 Å². The molecule has 1 amide bonds. The summed E-state index contributed by atoms with van der Waals surface area (Å²) in [5, 5.41) is 1.34. The van der Waals surface area contributed by atoms with Crippen LogP contribution in [0.1, 0.15) is 81.0 Å². The molecule has 5 atom stereocenters. The lowest BCUT2D eigenvalue weighted by Gasteiger charge is -2.37. The first kappa shape index (κ1) is 22.5. The highest BCUT2D eigenvalue weighted by molar-refractivity contribution is 5.92. The van der Waals surface area contributed by atoms with Crippen molar-refractivity contribution in [2.75, 3.05) is 13.1 Å². The number of piperidine rings is 3. The molecule has 2 unspecified atom stereocenters. The third-order valence-electron chi connectivity index (χ3n) is 9.67. The van der Waals surface area contributed by atoms with E-state index in [-0.39, 0.29) is 5.92 Å². The summed E-state index contributed by atoms with van der Waals surface area (Å²) in [5.74, 6) is 1.68. The lowest BCUT2D eigenvalue weighted by molar-refractivity contribution is -0.138. The molecule has 6 heterocycles. The van der Waals surface area contributed by atoms with Crippen LogP contribution in [0.4, 0.5) is 0 Å². The molecule has 188 valence electrons. The Hall–Kier alpha value is -2.66. The molecule has 0 saturated carbocycles. The number of aromatic amines is 1. The Balaban J connectivity index is 1.08. The zero-order valence-electron chi connectivity index (χ0n) is 21.8. The van der Waals surface area contributed by atoms with Crippen LogP contribution in [0.15, 0.2) is 36.5 Å². The summed E-state index contributed by atoms with van der Waals surface area (Å²) in [6.45, 7) is 8.44. The fraction of sp³-hybridized carbons (Fsp3) is 0.548. The Kier molecular flexibility index (Phi) is 5.28. The van der Waals surface area contributed by atoms with Gasteiger partial charge < -0.3 is 9.88 Å². The minimum atomic E-state index is 0.276. The van der Waals surface area contributed by atoms with E-state index in [2.05, 4.69) is 70.9 Å². The van der Waals surface area contributed by atoms with Gasteiger partial charge in [0.25, 0.3) is 0 Å². The number of nitrogens with zero attached hydrogens (tertiary/aromatic N) is 3. The Morgan fingerprint density at radius 2 is 1.86 bits per heavy atom. The quantitative estimate of drug-likeness (QED) is 0.465. The minimum Gasteiger partial charge on any atom is -0.354 e. The van der Waals surface area contributed by atoms with Crippen molar-refractivity contribution >= 4 is 16.8 Å². The van der Waals surface area contributed by atoms with Crippen LogP contribution in [0.25, 0.3) is 22.2 Å². The zero-order chi connectivity index (χ0) is 24.6. The number of amides is 1. The normalized spacial score (nSPS) is 29.7. The van der Waals surface area contributed by atoms with Gasteiger partial charge in [-0.2, -0.15) is 0 Å². The molecule has 7 rings (SSSR count). The van der Waals surface area contributed by atoms with Gasteiger partial charge in [0.05, 0.1) is 5.69 Å². The maximum atomic E-state index is 13.4. The maximum absolute atomic E-state index is 13.4. The Morgan fingerprint density at radius 1 is 1.03 bits per heavy atom. The van der Waals surface area contributed by atoms with Crippen LogP contribution < -0.4 is 0 Å². The number of nitrogens with one attached hydrogen (secondary N) is 1. The molecule has 0 radical (unpaired) electrons. The Labute approximate surface area is 214 Å². The van der Waals surface area contributed by atoms with Gasteiger partial charge in [0.15, 0.2) is 0 Å². The number of pyridine rings is 1. The number of fused-ring (bicyclic) bond motifs is 2. The van der Waals surface area contributed by atoms with Crippen LogP contribution in [0, 0.1) is 12.8 Å². The number of carbonyl (C=O) groups is 1. The van der Waals surface area contributed by atoms with E-state index in [9.17, 15) is 4.79 Å². The molecule has 4 aliphatic rings. The van der Waals surface area contributed by atoms with E-state index in [1.54, 1.807) is 0 Å². The van der Waals surface area contributed by atoms with Crippen LogP contribution in [-0.4, -0.2) is 56.9 Å². The third kappa shape index (κ3) is 3.61. The second kappa shape index (κ2) is 8.44. The van der Waals surface area contributed by atoms with Gasteiger partial charge >= 0.3 is 0 Å². The molecule has 5 nitrogen and oxygen atoms in total. The first-order chi connectivity index (χ1) is 17.5. The number of hydrogen-bond donors (Lipinski definition) is 1. The van der Waals surface area contributed by atoms with Gasteiger partial charge in [0, 0.05) is 65.5 Å². The summed E-state index contributed by atoms with van der Waals surface area (Å²) in [5.41, 5.74) is 7.50. The number of hydrogen-bond acceptors (Lipinski definition) is 3. The van der Waals surface area contributed by atoms with Crippen LogP contribution in [0.2, 0.25) is 0 Å². The Morgan fingerprint density at radius 3 is 2.61 bits per heavy atom. The highest BCUT2D eigenvalue weighted by Crippen LogP contribution is 2.52. The van der Waals surface area contributed by atoms with Crippen molar-refractivity contribution in [3.05, 3.63) is 53.3 Å². The molecule has 4 fully saturated rings. The van der Waals surface area contributed by atoms with Crippen LogP contribution in [0.5, 0.6) is 0 Å². The number of likely N-dealkylation sites (tertiary alicyclic amines) is 1. The van der Waals surface area contributed by atoms with Gasteiger partial charge in [-0.05, 0) is 92.7 Å². The van der Waals surface area contributed by atoms with E-state index < -0.39 is 0 Å². The largest absolute Gasteiger partial charge is 0.354 e. The van der Waals surface area contributed by atoms with Crippen molar-refractivity contribution in [1.29, 1.82) is 0 Å². The van der Waals surface area contributed by atoms with Gasteiger partial charge in [-0.25, -0.2) is 0 Å². The number of aromatic nitrogens is 2. The highest BCUT2D eigenvalue weighted by Gasteiger charge is 2.59. The maximum Gasteiger partial charge on any atom is 0.225 e. The molecule has 4 aliphatic heterocycles. The smallest absolute Gasteiger partial charge is 0.225 e. The minimum absolute atomic E-state index is 0.276. The summed E-state index contributed by atoms with van der Waals surface area (Å²) in [7, 11) is 0. The standard InChI is InChI=1S/C31H38N4O/c1-18(2)29-25-16-21(4-6-26(25)33-30(29)22-8-11-32-19(3)14-22)20-9-12-34(13-10-20)31(36)23-15-24-5-7-27-28(17-23)35(24)27/h4,6,8,11,14,16,18,20,23-24,27-28,33H,5,7,9-10,12-13,15,17H2,1-3H3/t23-,24+,27?,28+,35?/m0/s1. The third-order valence-corrected chi connectivity index (χ3v) is 9.67. The van der Waals surface area contributed by atoms with Gasteiger partial charge in [0.1, 0.15) is 0 Å². The number of rotatable bonds is 4. The van der Waals surface area contributed by atoms with Crippen molar-refractivity contribution < 1.29 is 4.79 Å².